The molecule has 2 rings (SSSR count). The number of methoxy groups -OCH3 is 1. The molecule has 1 unspecified atom stereocenters. The molecule has 25 heavy (non-hydrogen) atoms. The van der Waals surface area contributed by atoms with Gasteiger partial charge in [-0.05, 0) is 36.2 Å². The van der Waals surface area contributed by atoms with Crippen molar-refractivity contribution in [2.75, 3.05) is 13.7 Å². The largest absolute Gasteiger partial charge is 0.508 e. The quantitative estimate of drug-likeness (QED) is 0.552. The second-order valence-corrected chi connectivity index (χ2v) is 5.67. The smallest absolute Gasteiger partial charge is 0.161 e. The fourth-order valence-corrected chi connectivity index (χ4v) is 2.63. The standard InChI is InChI=1S/C21H24O4/c1-5-14(3)21-16(12-17(22)13-20(21)25-6-2)9-7-15-8-10-18(23)19(11-15)24-4/h5,7-14,22-23H,1,6H2,2-4H3/b9-7+. The second kappa shape index (κ2) is 8.29. The van der Waals surface area contributed by atoms with Crippen LogP contribution in [-0.4, -0.2) is 23.9 Å². The SMILES string of the molecule is C=CC(C)c1c(/C=C/c2ccc(O)c(OC)c2)cc(O)cc1OCC. The van der Waals surface area contributed by atoms with Crippen molar-refractivity contribution in [3.05, 3.63) is 59.7 Å². The number of aromatic hydroxyl groups is 2. The van der Waals surface area contributed by atoms with Gasteiger partial charge in [-0.1, -0.05) is 31.2 Å². The molecule has 2 aromatic carbocycles. The summed E-state index contributed by atoms with van der Waals surface area (Å²) in [5.41, 5.74) is 2.69. The lowest BCUT2D eigenvalue weighted by Gasteiger charge is -2.17. The lowest BCUT2D eigenvalue weighted by atomic mass is 9.93. The molecule has 0 radical (unpaired) electrons. The highest BCUT2D eigenvalue weighted by Crippen LogP contribution is 2.36. The Balaban J connectivity index is 2.48. The molecule has 0 aliphatic heterocycles. The van der Waals surface area contributed by atoms with E-state index in [4.69, 9.17) is 9.47 Å². The van der Waals surface area contributed by atoms with Crippen LogP contribution < -0.4 is 9.47 Å². The third-order valence-corrected chi connectivity index (χ3v) is 3.93. The fourth-order valence-electron chi connectivity index (χ4n) is 2.63. The highest BCUT2D eigenvalue weighted by atomic mass is 16.5. The number of phenols is 2. The highest BCUT2D eigenvalue weighted by molar-refractivity contribution is 5.75. The number of benzene rings is 2. The molecule has 0 heterocycles. The molecule has 0 aliphatic carbocycles. The van der Waals surface area contributed by atoms with Crippen molar-refractivity contribution in [1.29, 1.82) is 0 Å². The zero-order chi connectivity index (χ0) is 18.4. The zero-order valence-corrected chi connectivity index (χ0v) is 14.8. The number of allylic oxidation sites excluding steroid dienone is 1. The summed E-state index contributed by atoms with van der Waals surface area (Å²) in [5, 5.41) is 19.7. The predicted molar refractivity (Wildman–Crippen MR) is 101 cm³/mol. The van der Waals surface area contributed by atoms with Crippen molar-refractivity contribution < 1.29 is 19.7 Å². The summed E-state index contributed by atoms with van der Waals surface area (Å²) >= 11 is 0. The van der Waals surface area contributed by atoms with Gasteiger partial charge in [0, 0.05) is 17.5 Å². The van der Waals surface area contributed by atoms with Crippen molar-refractivity contribution in [2.24, 2.45) is 0 Å². The van der Waals surface area contributed by atoms with E-state index in [9.17, 15) is 10.2 Å². The Morgan fingerprint density at radius 2 is 1.88 bits per heavy atom. The van der Waals surface area contributed by atoms with E-state index in [2.05, 4.69) is 6.58 Å². The van der Waals surface area contributed by atoms with Crippen LogP contribution in [0.5, 0.6) is 23.0 Å². The van der Waals surface area contributed by atoms with E-state index in [0.717, 1.165) is 16.7 Å². The summed E-state index contributed by atoms with van der Waals surface area (Å²) < 4.78 is 10.8. The van der Waals surface area contributed by atoms with Crippen LogP contribution in [-0.2, 0) is 0 Å². The van der Waals surface area contributed by atoms with Crippen LogP contribution in [0.1, 0.15) is 36.5 Å². The predicted octanol–water partition coefficient (Wildman–Crippen LogP) is 4.97. The Kier molecular flexibility index (Phi) is 6.12. The Hall–Kier alpha value is -2.88. The molecule has 0 aliphatic rings. The molecular formula is C21H24O4. The van der Waals surface area contributed by atoms with Crippen LogP contribution >= 0.6 is 0 Å². The van der Waals surface area contributed by atoms with Crippen molar-refractivity contribution in [3.63, 3.8) is 0 Å². The first-order chi connectivity index (χ1) is 12.0. The molecule has 2 aromatic rings. The lowest BCUT2D eigenvalue weighted by Crippen LogP contribution is -2.01. The number of hydrogen-bond acceptors (Lipinski definition) is 4. The summed E-state index contributed by atoms with van der Waals surface area (Å²) in [4.78, 5) is 0. The van der Waals surface area contributed by atoms with Crippen LogP contribution in [0.15, 0.2) is 43.0 Å². The van der Waals surface area contributed by atoms with Gasteiger partial charge in [-0.2, -0.15) is 0 Å². The summed E-state index contributed by atoms with van der Waals surface area (Å²) in [6.07, 6.45) is 5.64. The summed E-state index contributed by atoms with van der Waals surface area (Å²) in [6.45, 7) is 8.32. The van der Waals surface area contributed by atoms with Gasteiger partial charge in [-0.25, -0.2) is 0 Å². The van der Waals surface area contributed by atoms with Crippen LogP contribution in [0, 0.1) is 0 Å². The van der Waals surface area contributed by atoms with Gasteiger partial charge in [-0.3, -0.25) is 0 Å². The third kappa shape index (κ3) is 4.35. The van der Waals surface area contributed by atoms with E-state index in [1.54, 1.807) is 30.3 Å². The number of hydrogen-bond donors (Lipinski definition) is 2. The maximum Gasteiger partial charge on any atom is 0.161 e. The van der Waals surface area contributed by atoms with Crippen LogP contribution in [0.4, 0.5) is 0 Å². The lowest BCUT2D eigenvalue weighted by molar-refractivity contribution is 0.333. The normalized spacial score (nSPS) is 12.1. The van der Waals surface area contributed by atoms with Gasteiger partial charge in [0.2, 0.25) is 0 Å². The van der Waals surface area contributed by atoms with Gasteiger partial charge < -0.3 is 19.7 Å². The first-order valence-corrected chi connectivity index (χ1v) is 8.17. The fraction of sp³-hybridized carbons (Fsp3) is 0.238. The molecule has 0 spiro atoms. The average molecular weight is 340 g/mol. The van der Waals surface area contributed by atoms with Crippen LogP contribution in [0.3, 0.4) is 0 Å². The second-order valence-electron chi connectivity index (χ2n) is 5.67. The minimum absolute atomic E-state index is 0.0659. The average Bonchev–Trinajstić information content (AvgIpc) is 2.60. The Morgan fingerprint density at radius 1 is 1.12 bits per heavy atom. The van der Waals surface area contributed by atoms with E-state index in [0.29, 0.717) is 18.1 Å². The van der Waals surface area contributed by atoms with Crippen molar-refractivity contribution >= 4 is 12.2 Å². The molecule has 1 atom stereocenters. The molecule has 0 amide bonds. The van der Waals surface area contributed by atoms with E-state index < -0.39 is 0 Å². The van der Waals surface area contributed by atoms with Crippen LogP contribution in [0.2, 0.25) is 0 Å². The maximum atomic E-state index is 10.0. The van der Waals surface area contributed by atoms with Gasteiger partial charge in [0.1, 0.15) is 11.5 Å². The van der Waals surface area contributed by atoms with E-state index >= 15 is 0 Å². The number of ether oxygens (including phenoxy) is 2. The number of rotatable bonds is 7. The van der Waals surface area contributed by atoms with Crippen molar-refractivity contribution in [2.45, 2.75) is 19.8 Å². The molecular weight excluding hydrogens is 316 g/mol. The zero-order valence-electron chi connectivity index (χ0n) is 14.8. The molecule has 0 fully saturated rings. The Labute approximate surface area is 148 Å². The van der Waals surface area contributed by atoms with Gasteiger partial charge in [0.05, 0.1) is 13.7 Å². The van der Waals surface area contributed by atoms with Crippen molar-refractivity contribution in [3.8, 4) is 23.0 Å². The minimum atomic E-state index is 0.0659. The Bertz CT molecular complexity index is 778. The highest BCUT2D eigenvalue weighted by Gasteiger charge is 2.15. The molecule has 0 saturated carbocycles. The third-order valence-electron chi connectivity index (χ3n) is 3.93. The van der Waals surface area contributed by atoms with Gasteiger partial charge in [0.15, 0.2) is 11.5 Å². The number of phenolic OH excluding ortho intramolecular Hbond substituents is 2. The minimum Gasteiger partial charge on any atom is -0.508 e. The summed E-state index contributed by atoms with van der Waals surface area (Å²) in [7, 11) is 1.51. The molecule has 2 N–H and O–H groups in total. The molecule has 0 bridgehead atoms. The Morgan fingerprint density at radius 3 is 2.52 bits per heavy atom. The van der Waals surface area contributed by atoms with E-state index in [1.807, 2.05) is 32.1 Å². The van der Waals surface area contributed by atoms with Gasteiger partial charge >= 0.3 is 0 Å². The topological polar surface area (TPSA) is 58.9 Å². The summed E-state index contributed by atoms with van der Waals surface area (Å²) in [6, 6.07) is 8.44. The van der Waals surface area contributed by atoms with Crippen molar-refractivity contribution in [1.82, 2.24) is 0 Å². The van der Waals surface area contributed by atoms with Gasteiger partial charge in [-0.15, -0.1) is 6.58 Å². The first-order valence-electron chi connectivity index (χ1n) is 8.17. The first kappa shape index (κ1) is 18.5. The van der Waals surface area contributed by atoms with E-state index in [1.165, 1.54) is 7.11 Å². The summed E-state index contributed by atoms with van der Waals surface area (Å²) in [5.74, 6) is 1.37. The molecule has 4 nitrogen and oxygen atoms in total. The van der Waals surface area contributed by atoms with Crippen LogP contribution in [0.25, 0.3) is 12.2 Å². The monoisotopic (exact) mass is 340 g/mol. The molecule has 132 valence electrons. The molecule has 0 saturated heterocycles. The maximum absolute atomic E-state index is 10.0. The van der Waals surface area contributed by atoms with E-state index in [-0.39, 0.29) is 17.4 Å². The van der Waals surface area contributed by atoms with Gasteiger partial charge in [0.25, 0.3) is 0 Å². The molecule has 0 aromatic heterocycles. The molecule has 4 heteroatoms.